The molecule has 1 N–H and O–H groups in total. The van der Waals surface area contributed by atoms with E-state index in [1.54, 1.807) is 25.2 Å². The van der Waals surface area contributed by atoms with E-state index in [4.69, 9.17) is 4.74 Å². The van der Waals surface area contributed by atoms with Crippen LogP contribution < -0.4 is 10.1 Å². The maximum Gasteiger partial charge on any atom is 0.243 e. The number of sulfonamides is 1. The predicted octanol–water partition coefficient (Wildman–Crippen LogP) is 2.22. The Morgan fingerprint density at radius 3 is 2.52 bits per heavy atom. The van der Waals surface area contributed by atoms with E-state index >= 15 is 0 Å². The number of benzene rings is 1. The number of ether oxygens (including phenoxy) is 1. The average Bonchev–Trinajstić information content (AvgIpc) is 2.47. The molecule has 0 aliphatic carbocycles. The van der Waals surface area contributed by atoms with Crippen molar-refractivity contribution in [2.75, 3.05) is 20.7 Å². The van der Waals surface area contributed by atoms with Crippen molar-refractivity contribution < 1.29 is 13.2 Å². The van der Waals surface area contributed by atoms with Gasteiger partial charge in [-0.3, -0.25) is 0 Å². The van der Waals surface area contributed by atoms with E-state index in [-0.39, 0.29) is 6.04 Å². The molecule has 0 spiro atoms. The quantitative estimate of drug-likeness (QED) is 0.799. The van der Waals surface area contributed by atoms with Crippen LogP contribution in [0.15, 0.2) is 23.1 Å². The predicted molar refractivity (Wildman–Crippen MR) is 85.1 cm³/mol. The molecular formula is C15H26N2O3S. The van der Waals surface area contributed by atoms with Crippen LogP contribution in [0.25, 0.3) is 0 Å². The zero-order chi connectivity index (χ0) is 16.0. The van der Waals surface area contributed by atoms with E-state index in [0.29, 0.717) is 18.0 Å². The van der Waals surface area contributed by atoms with Gasteiger partial charge in [0.15, 0.2) is 0 Å². The van der Waals surface area contributed by atoms with Crippen LogP contribution >= 0.6 is 0 Å². The van der Waals surface area contributed by atoms with Gasteiger partial charge in [-0.15, -0.1) is 0 Å². The van der Waals surface area contributed by atoms with E-state index < -0.39 is 10.0 Å². The Hall–Kier alpha value is -1.11. The lowest BCUT2D eigenvalue weighted by Crippen LogP contribution is -2.34. The van der Waals surface area contributed by atoms with Gasteiger partial charge in [-0.2, -0.15) is 4.31 Å². The van der Waals surface area contributed by atoms with Gasteiger partial charge in [0.25, 0.3) is 0 Å². The van der Waals surface area contributed by atoms with Gasteiger partial charge in [0.1, 0.15) is 5.75 Å². The summed E-state index contributed by atoms with van der Waals surface area (Å²) < 4.78 is 32.2. The Kier molecular flexibility index (Phi) is 6.64. The molecule has 0 saturated carbocycles. The molecule has 0 fully saturated rings. The molecule has 0 bridgehead atoms. The fourth-order valence-corrected chi connectivity index (χ4v) is 3.49. The van der Waals surface area contributed by atoms with Crippen LogP contribution in [0.5, 0.6) is 5.75 Å². The number of hydrogen-bond acceptors (Lipinski definition) is 4. The zero-order valence-electron chi connectivity index (χ0n) is 13.5. The third-order valence-corrected chi connectivity index (χ3v) is 5.56. The lowest BCUT2D eigenvalue weighted by atomic mass is 10.2. The standard InChI is InChI=1S/C15H26N2O3S/c1-6-12(3)17(5)21(18,19)14-8-9-15(20-7-2)13(10-14)11-16-4/h8-10,12,16H,6-7,11H2,1-5H3. The lowest BCUT2D eigenvalue weighted by molar-refractivity contribution is 0.335. The summed E-state index contributed by atoms with van der Waals surface area (Å²) in [4.78, 5) is 0.305. The van der Waals surface area contributed by atoms with Crippen LogP contribution in [0.4, 0.5) is 0 Å². The first-order valence-corrected chi connectivity index (χ1v) is 8.70. The minimum atomic E-state index is -3.47. The van der Waals surface area contributed by atoms with Gasteiger partial charge in [-0.05, 0) is 45.5 Å². The van der Waals surface area contributed by atoms with Gasteiger partial charge in [-0.25, -0.2) is 8.42 Å². The van der Waals surface area contributed by atoms with Crippen molar-refractivity contribution >= 4 is 10.0 Å². The first-order chi connectivity index (χ1) is 9.88. The number of rotatable bonds is 8. The number of nitrogens with zero attached hydrogens (tertiary/aromatic N) is 1. The van der Waals surface area contributed by atoms with Crippen LogP contribution in [-0.2, 0) is 16.6 Å². The van der Waals surface area contributed by atoms with Crippen molar-refractivity contribution in [3.05, 3.63) is 23.8 Å². The molecule has 0 aromatic heterocycles. The minimum Gasteiger partial charge on any atom is -0.494 e. The van der Waals surface area contributed by atoms with E-state index in [0.717, 1.165) is 17.7 Å². The highest BCUT2D eigenvalue weighted by Gasteiger charge is 2.25. The SMILES string of the molecule is CCOc1ccc(S(=O)(=O)N(C)C(C)CC)cc1CNC. The van der Waals surface area contributed by atoms with Crippen molar-refractivity contribution in [2.24, 2.45) is 0 Å². The zero-order valence-corrected chi connectivity index (χ0v) is 14.3. The first-order valence-electron chi connectivity index (χ1n) is 7.26. The minimum absolute atomic E-state index is 0.0330. The van der Waals surface area contributed by atoms with Gasteiger partial charge in [0, 0.05) is 25.2 Å². The molecule has 1 aromatic carbocycles. The normalized spacial score (nSPS) is 13.4. The topological polar surface area (TPSA) is 58.6 Å². The monoisotopic (exact) mass is 314 g/mol. The Bertz CT molecular complexity index is 558. The molecule has 1 atom stereocenters. The summed E-state index contributed by atoms with van der Waals surface area (Å²) in [6.07, 6.45) is 0.774. The molecule has 0 saturated heterocycles. The fraction of sp³-hybridized carbons (Fsp3) is 0.600. The molecule has 1 aromatic rings. The van der Waals surface area contributed by atoms with Gasteiger partial charge in [0.05, 0.1) is 11.5 Å². The van der Waals surface area contributed by atoms with Crippen molar-refractivity contribution in [1.29, 1.82) is 0 Å². The third kappa shape index (κ3) is 4.18. The molecule has 5 nitrogen and oxygen atoms in total. The number of hydrogen-bond donors (Lipinski definition) is 1. The van der Waals surface area contributed by atoms with E-state index in [1.165, 1.54) is 4.31 Å². The van der Waals surface area contributed by atoms with Crippen LogP contribution in [0.3, 0.4) is 0 Å². The summed E-state index contributed by atoms with van der Waals surface area (Å²) >= 11 is 0. The second-order valence-corrected chi connectivity index (χ2v) is 7.01. The summed E-state index contributed by atoms with van der Waals surface area (Å²) in [6, 6.07) is 5.00. The Morgan fingerprint density at radius 2 is 2.00 bits per heavy atom. The highest BCUT2D eigenvalue weighted by Crippen LogP contribution is 2.25. The van der Waals surface area contributed by atoms with Crippen LogP contribution in [0.2, 0.25) is 0 Å². The molecular weight excluding hydrogens is 288 g/mol. The lowest BCUT2D eigenvalue weighted by Gasteiger charge is -2.23. The van der Waals surface area contributed by atoms with Gasteiger partial charge >= 0.3 is 0 Å². The summed E-state index contributed by atoms with van der Waals surface area (Å²) in [6.45, 7) is 6.90. The molecule has 1 rings (SSSR count). The van der Waals surface area contributed by atoms with Crippen LogP contribution in [0.1, 0.15) is 32.8 Å². The highest BCUT2D eigenvalue weighted by molar-refractivity contribution is 7.89. The van der Waals surface area contributed by atoms with Gasteiger partial charge < -0.3 is 10.1 Å². The van der Waals surface area contributed by atoms with E-state index in [1.807, 2.05) is 27.8 Å². The second-order valence-electron chi connectivity index (χ2n) is 5.01. The highest BCUT2D eigenvalue weighted by atomic mass is 32.2. The Labute approximate surface area is 128 Å². The van der Waals surface area contributed by atoms with E-state index in [9.17, 15) is 8.42 Å². The summed E-state index contributed by atoms with van der Waals surface area (Å²) in [7, 11) is -0.0285. The van der Waals surface area contributed by atoms with Crippen molar-refractivity contribution in [3.8, 4) is 5.75 Å². The molecule has 6 heteroatoms. The third-order valence-electron chi connectivity index (χ3n) is 3.59. The van der Waals surface area contributed by atoms with Crippen LogP contribution in [-0.4, -0.2) is 39.5 Å². The molecule has 0 radical (unpaired) electrons. The van der Waals surface area contributed by atoms with Gasteiger partial charge in [-0.1, -0.05) is 6.92 Å². The van der Waals surface area contributed by atoms with Crippen molar-refractivity contribution in [2.45, 2.75) is 44.7 Å². The molecule has 0 heterocycles. The smallest absolute Gasteiger partial charge is 0.243 e. The van der Waals surface area contributed by atoms with Crippen LogP contribution in [0, 0.1) is 0 Å². The molecule has 1 unspecified atom stereocenters. The fourth-order valence-electron chi connectivity index (χ4n) is 2.00. The van der Waals surface area contributed by atoms with Crippen molar-refractivity contribution in [1.82, 2.24) is 9.62 Å². The maximum atomic E-state index is 12.6. The number of nitrogens with one attached hydrogen (secondary N) is 1. The van der Waals surface area contributed by atoms with Crippen molar-refractivity contribution in [3.63, 3.8) is 0 Å². The summed E-state index contributed by atoms with van der Waals surface area (Å²) in [5, 5.41) is 3.04. The average molecular weight is 314 g/mol. The Balaban J connectivity index is 3.21. The maximum absolute atomic E-state index is 12.6. The molecule has 0 aliphatic rings. The molecule has 120 valence electrons. The van der Waals surface area contributed by atoms with Gasteiger partial charge in [0.2, 0.25) is 10.0 Å². The second kappa shape index (κ2) is 7.77. The summed E-state index contributed by atoms with van der Waals surface area (Å²) in [5.41, 5.74) is 0.845. The first kappa shape index (κ1) is 17.9. The molecule has 0 amide bonds. The molecule has 21 heavy (non-hydrogen) atoms. The molecule has 0 aliphatic heterocycles. The van der Waals surface area contributed by atoms with E-state index in [2.05, 4.69) is 5.32 Å². The Morgan fingerprint density at radius 1 is 1.33 bits per heavy atom. The largest absolute Gasteiger partial charge is 0.494 e. The summed E-state index contributed by atoms with van der Waals surface area (Å²) in [5.74, 6) is 0.719.